The van der Waals surface area contributed by atoms with Crippen molar-refractivity contribution in [2.24, 2.45) is 0 Å². The Labute approximate surface area is 184 Å². The Kier molecular flexibility index (Phi) is 6.20. The van der Waals surface area contributed by atoms with E-state index in [1.54, 1.807) is 18.2 Å². The largest absolute Gasteiger partial charge is 0.468 e. The van der Waals surface area contributed by atoms with Gasteiger partial charge >= 0.3 is 0 Å². The van der Waals surface area contributed by atoms with Crippen LogP contribution in [-0.4, -0.2) is 62.6 Å². The van der Waals surface area contributed by atoms with Crippen molar-refractivity contribution in [1.82, 2.24) is 4.90 Å². The van der Waals surface area contributed by atoms with Crippen molar-refractivity contribution in [3.05, 3.63) is 76.7 Å². The molecule has 0 bridgehead atoms. The Bertz CT molecular complexity index is 1010. The number of rotatable bonds is 4. The second kappa shape index (κ2) is 8.88. The first-order chi connectivity index (χ1) is 15.0. The van der Waals surface area contributed by atoms with Crippen LogP contribution < -0.4 is 0 Å². The minimum Gasteiger partial charge on any atom is -0.468 e. The van der Waals surface area contributed by atoms with Crippen LogP contribution in [0.25, 0.3) is 5.70 Å². The van der Waals surface area contributed by atoms with Gasteiger partial charge in [0.1, 0.15) is 30.2 Å². The maximum absolute atomic E-state index is 10.7. The zero-order valence-corrected chi connectivity index (χ0v) is 17.2. The lowest BCUT2D eigenvalue weighted by Gasteiger charge is -2.47. The van der Waals surface area contributed by atoms with E-state index in [9.17, 15) is 25.7 Å². The van der Waals surface area contributed by atoms with Crippen LogP contribution in [0.3, 0.4) is 0 Å². The van der Waals surface area contributed by atoms with Gasteiger partial charge in [-0.05, 0) is 23.8 Å². The Morgan fingerprint density at radius 2 is 1.77 bits per heavy atom. The fourth-order valence-electron chi connectivity index (χ4n) is 3.91. The lowest BCUT2D eigenvalue weighted by molar-refractivity contribution is -0.252. The normalized spacial score (nSPS) is 31.4. The minimum atomic E-state index is -1.57. The molecule has 6 atom stereocenters. The molecule has 0 spiro atoms. The number of nitrogens with zero attached hydrogens (tertiary/aromatic N) is 2. The van der Waals surface area contributed by atoms with Crippen LogP contribution in [0.5, 0.6) is 0 Å². The van der Waals surface area contributed by atoms with Crippen molar-refractivity contribution in [3.63, 3.8) is 0 Å². The SMILES string of the molecule is N#CC1=C(S)N(C2OC(CO)C(O)C(O)C2O)C(c2ccccc2)=CC1c1ccco1. The first kappa shape index (κ1) is 21.6. The highest BCUT2D eigenvalue weighted by molar-refractivity contribution is 7.84. The standard InChI is InChI=1S/C22H22N2O6S/c23-10-14-13(16-7-4-8-29-16)9-15(12-5-2-1-3-6-12)24(22(14)31)21-20(28)19(27)18(26)17(11-25)30-21/h1-9,13,17-21,25-28,31H,11H2. The van der Waals surface area contributed by atoms with E-state index in [2.05, 4.69) is 18.7 Å². The van der Waals surface area contributed by atoms with E-state index in [0.717, 1.165) is 5.56 Å². The lowest BCUT2D eigenvalue weighted by Crippen LogP contribution is -2.62. The molecule has 0 aliphatic carbocycles. The predicted octanol–water partition coefficient (Wildman–Crippen LogP) is 1.18. The van der Waals surface area contributed by atoms with Gasteiger partial charge in [-0.3, -0.25) is 0 Å². The number of furan rings is 1. The summed E-state index contributed by atoms with van der Waals surface area (Å²) in [6, 6.07) is 14.9. The first-order valence-corrected chi connectivity index (χ1v) is 10.2. The molecule has 9 heteroatoms. The molecule has 2 aromatic rings. The van der Waals surface area contributed by atoms with E-state index < -0.39 is 43.2 Å². The molecule has 0 amide bonds. The number of thiol groups is 1. The number of aliphatic hydroxyl groups excluding tert-OH is 4. The second-order valence-electron chi connectivity index (χ2n) is 7.35. The zero-order valence-electron chi connectivity index (χ0n) is 16.3. The topological polar surface area (TPSA) is 130 Å². The summed E-state index contributed by atoms with van der Waals surface area (Å²) < 4.78 is 11.3. The summed E-state index contributed by atoms with van der Waals surface area (Å²) in [6.07, 6.45) is -3.60. The van der Waals surface area contributed by atoms with Crippen LogP contribution in [-0.2, 0) is 4.74 Å². The summed E-state index contributed by atoms with van der Waals surface area (Å²) in [5, 5.41) is 50.9. The number of allylic oxidation sites excluding steroid dienone is 2. The Hall–Kier alpha value is -2.58. The average molecular weight is 442 g/mol. The molecule has 0 radical (unpaired) electrons. The van der Waals surface area contributed by atoms with Crippen LogP contribution in [0, 0.1) is 11.3 Å². The van der Waals surface area contributed by atoms with Crippen molar-refractivity contribution in [1.29, 1.82) is 5.26 Å². The van der Waals surface area contributed by atoms with Gasteiger partial charge in [0.2, 0.25) is 0 Å². The fourth-order valence-corrected chi connectivity index (χ4v) is 4.32. The van der Waals surface area contributed by atoms with E-state index in [-0.39, 0.29) is 10.6 Å². The van der Waals surface area contributed by atoms with Gasteiger partial charge in [-0.15, -0.1) is 12.6 Å². The maximum Gasteiger partial charge on any atom is 0.164 e. The number of ether oxygens (including phenoxy) is 1. The Morgan fingerprint density at radius 1 is 1.03 bits per heavy atom. The highest BCUT2D eigenvalue weighted by atomic mass is 32.1. The molecule has 8 nitrogen and oxygen atoms in total. The van der Waals surface area contributed by atoms with Crippen molar-refractivity contribution in [3.8, 4) is 6.07 Å². The predicted molar refractivity (Wildman–Crippen MR) is 113 cm³/mol. The highest BCUT2D eigenvalue weighted by Gasteiger charge is 2.48. The number of hydrogen-bond acceptors (Lipinski definition) is 9. The quantitative estimate of drug-likeness (QED) is 0.447. The third-order valence-electron chi connectivity index (χ3n) is 5.53. The van der Waals surface area contributed by atoms with Crippen LogP contribution in [0.15, 0.2) is 69.8 Å². The van der Waals surface area contributed by atoms with Gasteiger partial charge in [0, 0.05) is 5.70 Å². The molecule has 4 rings (SSSR count). The van der Waals surface area contributed by atoms with Crippen molar-refractivity contribution < 1.29 is 29.6 Å². The highest BCUT2D eigenvalue weighted by Crippen LogP contribution is 2.44. The van der Waals surface area contributed by atoms with Gasteiger partial charge < -0.3 is 34.5 Å². The summed E-state index contributed by atoms with van der Waals surface area (Å²) in [4.78, 5) is 1.50. The molecular weight excluding hydrogens is 420 g/mol. The third kappa shape index (κ3) is 3.78. The van der Waals surface area contributed by atoms with Crippen molar-refractivity contribution in [2.75, 3.05) is 6.61 Å². The maximum atomic E-state index is 10.7. The van der Waals surface area contributed by atoms with Gasteiger partial charge in [-0.2, -0.15) is 5.26 Å². The summed E-state index contributed by atoms with van der Waals surface area (Å²) in [6.45, 7) is -0.564. The molecule has 162 valence electrons. The summed E-state index contributed by atoms with van der Waals surface area (Å²) >= 11 is 4.60. The van der Waals surface area contributed by atoms with E-state index >= 15 is 0 Å². The molecule has 3 heterocycles. The Morgan fingerprint density at radius 3 is 2.39 bits per heavy atom. The van der Waals surface area contributed by atoms with E-state index in [1.807, 2.05) is 30.3 Å². The molecule has 1 aromatic heterocycles. The molecule has 4 N–H and O–H groups in total. The van der Waals surface area contributed by atoms with E-state index in [1.165, 1.54) is 11.2 Å². The van der Waals surface area contributed by atoms with Crippen LogP contribution in [0.1, 0.15) is 17.2 Å². The monoisotopic (exact) mass is 442 g/mol. The molecule has 6 unspecified atom stereocenters. The third-order valence-corrected chi connectivity index (χ3v) is 5.98. The van der Waals surface area contributed by atoms with Gasteiger partial charge in [-0.25, -0.2) is 0 Å². The van der Waals surface area contributed by atoms with Crippen molar-refractivity contribution in [2.45, 2.75) is 36.6 Å². The molecule has 1 saturated heterocycles. The van der Waals surface area contributed by atoms with E-state index in [4.69, 9.17) is 9.15 Å². The average Bonchev–Trinajstić information content (AvgIpc) is 3.33. The molecule has 2 aliphatic rings. The molecule has 2 aliphatic heterocycles. The molecule has 31 heavy (non-hydrogen) atoms. The molecule has 0 saturated carbocycles. The number of benzene rings is 1. The molecule has 1 fully saturated rings. The number of nitriles is 1. The van der Waals surface area contributed by atoms with Crippen molar-refractivity contribution >= 4 is 18.3 Å². The zero-order chi connectivity index (χ0) is 22.1. The lowest BCUT2D eigenvalue weighted by atomic mass is 9.90. The minimum absolute atomic E-state index is 0.203. The first-order valence-electron chi connectivity index (χ1n) is 9.71. The smallest absolute Gasteiger partial charge is 0.164 e. The van der Waals surface area contributed by atoms with Crippen LogP contribution in [0.4, 0.5) is 0 Å². The van der Waals surface area contributed by atoms with Gasteiger partial charge in [0.15, 0.2) is 6.23 Å². The van der Waals surface area contributed by atoms with Gasteiger partial charge in [0.25, 0.3) is 0 Å². The fraction of sp³-hybridized carbons (Fsp3) is 0.318. The van der Waals surface area contributed by atoms with Gasteiger partial charge in [0.05, 0.1) is 35.5 Å². The summed E-state index contributed by atoms with van der Waals surface area (Å²) in [5.74, 6) is 0.0221. The van der Waals surface area contributed by atoms with E-state index in [0.29, 0.717) is 11.5 Å². The summed E-state index contributed by atoms with van der Waals surface area (Å²) in [7, 11) is 0. The molecule has 1 aromatic carbocycles. The molecular formula is C22H22N2O6S. The van der Waals surface area contributed by atoms with Crippen LogP contribution in [0.2, 0.25) is 0 Å². The summed E-state index contributed by atoms with van der Waals surface area (Å²) in [5.41, 5.74) is 1.57. The van der Waals surface area contributed by atoms with Gasteiger partial charge in [-0.1, -0.05) is 30.3 Å². The Balaban J connectivity index is 1.86. The number of aliphatic hydroxyl groups is 4. The van der Waals surface area contributed by atoms with Crippen LogP contribution >= 0.6 is 12.6 Å². The number of hydrogen-bond donors (Lipinski definition) is 5. The second-order valence-corrected chi connectivity index (χ2v) is 7.77.